The smallest absolute Gasteiger partial charge is 0.313 e. The van der Waals surface area contributed by atoms with Crippen LogP contribution in [0.15, 0.2) is 47.6 Å². The lowest BCUT2D eigenvalue weighted by molar-refractivity contribution is -0.384. The summed E-state index contributed by atoms with van der Waals surface area (Å²) in [6.45, 7) is 2.84. The largest absolute Gasteiger partial charge is 0.497 e. The van der Waals surface area contributed by atoms with E-state index in [4.69, 9.17) is 10.5 Å². The molecule has 1 aliphatic rings. The van der Waals surface area contributed by atoms with Gasteiger partial charge in [0.15, 0.2) is 5.96 Å². The number of hydrogen-bond donors (Lipinski definition) is 1. The molecule has 26 heavy (non-hydrogen) atoms. The standard InChI is InChI=1S/C17H20N6O3/c1-26-14-5-2-4-13(12-14)21-8-10-22(11-9-21)17(18)20-16-15(23(24)25)6-3-7-19-16/h2-7,12H,8-11H2,1H3,(H2,18,19,20). The minimum absolute atomic E-state index is 0.0187. The summed E-state index contributed by atoms with van der Waals surface area (Å²) in [5.41, 5.74) is 6.98. The second-order valence-electron chi connectivity index (χ2n) is 5.75. The SMILES string of the molecule is COc1cccc(N2CCN(/C(N)=N/c3ncccc3[N+](=O)[O-])CC2)c1. The van der Waals surface area contributed by atoms with Crippen molar-refractivity contribution in [3.05, 3.63) is 52.7 Å². The zero-order chi connectivity index (χ0) is 18.5. The van der Waals surface area contributed by atoms with Gasteiger partial charge in [0.1, 0.15) is 5.75 Å². The molecule has 0 unspecified atom stereocenters. The Morgan fingerprint density at radius 2 is 2.04 bits per heavy atom. The Balaban J connectivity index is 1.69. The summed E-state index contributed by atoms with van der Waals surface area (Å²) in [6, 6.07) is 10.7. The number of nitrogens with two attached hydrogens (primary N) is 1. The summed E-state index contributed by atoms with van der Waals surface area (Å²) < 4.78 is 5.26. The van der Waals surface area contributed by atoms with E-state index in [1.807, 2.05) is 29.2 Å². The molecule has 2 aromatic rings. The van der Waals surface area contributed by atoms with Gasteiger partial charge >= 0.3 is 5.69 Å². The van der Waals surface area contributed by atoms with E-state index in [0.29, 0.717) is 13.1 Å². The quantitative estimate of drug-likeness (QED) is 0.385. The summed E-state index contributed by atoms with van der Waals surface area (Å²) in [5.74, 6) is 1.07. The Bertz CT molecular complexity index is 818. The maximum Gasteiger partial charge on any atom is 0.313 e. The summed E-state index contributed by atoms with van der Waals surface area (Å²) in [4.78, 5) is 22.8. The molecule has 1 aromatic carbocycles. The number of methoxy groups -OCH3 is 1. The third-order valence-electron chi connectivity index (χ3n) is 4.21. The van der Waals surface area contributed by atoms with Crippen LogP contribution in [0.25, 0.3) is 0 Å². The minimum Gasteiger partial charge on any atom is -0.497 e. The summed E-state index contributed by atoms with van der Waals surface area (Å²) in [5, 5.41) is 11.1. The Labute approximate surface area is 150 Å². The fraction of sp³-hybridized carbons (Fsp3) is 0.294. The van der Waals surface area contributed by atoms with Crippen molar-refractivity contribution in [2.24, 2.45) is 10.7 Å². The zero-order valence-corrected chi connectivity index (χ0v) is 14.4. The van der Waals surface area contributed by atoms with Crippen LogP contribution in [-0.4, -0.2) is 54.1 Å². The first-order valence-electron chi connectivity index (χ1n) is 8.16. The summed E-state index contributed by atoms with van der Waals surface area (Å²) in [7, 11) is 1.64. The molecule has 136 valence electrons. The van der Waals surface area contributed by atoms with E-state index in [1.165, 1.54) is 18.3 Å². The molecule has 1 aromatic heterocycles. The predicted octanol–water partition coefficient (Wildman–Crippen LogP) is 1.77. The van der Waals surface area contributed by atoms with E-state index in [0.717, 1.165) is 24.5 Å². The van der Waals surface area contributed by atoms with E-state index in [9.17, 15) is 10.1 Å². The number of hydrogen-bond acceptors (Lipinski definition) is 6. The molecule has 0 bridgehead atoms. The molecule has 0 spiro atoms. The third-order valence-corrected chi connectivity index (χ3v) is 4.21. The highest BCUT2D eigenvalue weighted by Crippen LogP contribution is 2.24. The molecule has 9 nitrogen and oxygen atoms in total. The minimum atomic E-state index is -0.514. The van der Waals surface area contributed by atoms with Gasteiger partial charge in [-0.3, -0.25) is 10.1 Å². The van der Waals surface area contributed by atoms with Gasteiger partial charge in [-0.15, -0.1) is 0 Å². The van der Waals surface area contributed by atoms with E-state index in [1.54, 1.807) is 7.11 Å². The van der Waals surface area contributed by atoms with Crippen LogP contribution in [0, 0.1) is 10.1 Å². The number of pyridine rings is 1. The van der Waals surface area contributed by atoms with Crippen molar-refractivity contribution >= 4 is 23.2 Å². The number of ether oxygens (including phenoxy) is 1. The number of piperazine rings is 1. The number of aromatic nitrogens is 1. The van der Waals surface area contributed by atoms with Crippen LogP contribution in [0.3, 0.4) is 0 Å². The van der Waals surface area contributed by atoms with Crippen molar-refractivity contribution < 1.29 is 9.66 Å². The van der Waals surface area contributed by atoms with Crippen LogP contribution >= 0.6 is 0 Å². The van der Waals surface area contributed by atoms with Crippen molar-refractivity contribution in [3.63, 3.8) is 0 Å². The monoisotopic (exact) mass is 356 g/mol. The lowest BCUT2D eigenvalue weighted by atomic mass is 10.2. The highest BCUT2D eigenvalue weighted by Gasteiger charge is 2.20. The van der Waals surface area contributed by atoms with E-state index in [2.05, 4.69) is 14.9 Å². The topological polar surface area (TPSA) is 110 Å². The lowest BCUT2D eigenvalue weighted by Crippen LogP contribution is -2.51. The molecule has 0 radical (unpaired) electrons. The fourth-order valence-corrected chi connectivity index (χ4v) is 2.80. The first-order valence-corrected chi connectivity index (χ1v) is 8.16. The first-order chi connectivity index (χ1) is 12.6. The van der Waals surface area contributed by atoms with Gasteiger partial charge in [0.2, 0.25) is 5.82 Å². The molecule has 0 saturated carbocycles. The summed E-state index contributed by atoms with van der Waals surface area (Å²) >= 11 is 0. The Morgan fingerprint density at radius 1 is 1.27 bits per heavy atom. The molecule has 9 heteroatoms. The Hall–Kier alpha value is -3.36. The van der Waals surface area contributed by atoms with Gasteiger partial charge < -0.3 is 20.3 Å². The van der Waals surface area contributed by atoms with E-state index in [-0.39, 0.29) is 17.5 Å². The van der Waals surface area contributed by atoms with Gasteiger partial charge in [-0.05, 0) is 18.2 Å². The number of anilines is 1. The number of guanidine groups is 1. The lowest BCUT2D eigenvalue weighted by Gasteiger charge is -2.36. The average molecular weight is 356 g/mol. The van der Waals surface area contributed by atoms with Crippen molar-refractivity contribution in [2.75, 3.05) is 38.2 Å². The molecular formula is C17H20N6O3. The second kappa shape index (κ2) is 7.68. The number of nitrogens with zero attached hydrogens (tertiary/aromatic N) is 5. The number of benzene rings is 1. The molecule has 1 saturated heterocycles. The average Bonchev–Trinajstić information content (AvgIpc) is 2.68. The highest BCUT2D eigenvalue weighted by atomic mass is 16.6. The van der Waals surface area contributed by atoms with Crippen LogP contribution in [0.5, 0.6) is 5.75 Å². The van der Waals surface area contributed by atoms with E-state index >= 15 is 0 Å². The Kier molecular flexibility index (Phi) is 5.16. The van der Waals surface area contributed by atoms with Gasteiger partial charge in [-0.25, -0.2) is 4.98 Å². The predicted molar refractivity (Wildman–Crippen MR) is 99.0 cm³/mol. The van der Waals surface area contributed by atoms with Gasteiger partial charge in [0, 0.05) is 50.2 Å². The molecule has 2 N–H and O–H groups in total. The highest BCUT2D eigenvalue weighted by molar-refractivity contribution is 5.82. The Morgan fingerprint density at radius 3 is 2.73 bits per heavy atom. The van der Waals surface area contributed by atoms with Crippen LogP contribution in [0.2, 0.25) is 0 Å². The molecule has 0 aliphatic carbocycles. The molecule has 3 rings (SSSR count). The molecule has 0 atom stereocenters. The number of rotatable bonds is 4. The number of aliphatic imine (C=N–C) groups is 1. The first kappa shape index (κ1) is 17.5. The number of nitro groups is 1. The molecule has 1 fully saturated rings. The molecule has 2 heterocycles. The van der Waals surface area contributed by atoms with Crippen molar-refractivity contribution in [2.45, 2.75) is 0 Å². The van der Waals surface area contributed by atoms with Gasteiger partial charge in [0.05, 0.1) is 12.0 Å². The maximum absolute atomic E-state index is 11.1. The summed E-state index contributed by atoms with van der Waals surface area (Å²) in [6.07, 6.45) is 1.46. The second-order valence-corrected chi connectivity index (χ2v) is 5.75. The third kappa shape index (κ3) is 3.82. The van der Waals surface area contributed by atoms with Crippen molar-refractivity contribution in [3.8, 4) is 5.75 Å². The van der Waals surface area contributed by atoms with Gasteiger partial charge in [-0.1, -0.05) is 6.07 Å². The zero-order valence-electron chi connectivity index (χ0n) is 14.4. The molecule has 1 aliphatic heterocycles. The molecular weight excluding hydrogens is 336 g/mol. The van der Waals surface area contributed by atoms with E-state index < -0.39 is 4.92 Å². The maximum atomic E-state index is 11.1. The van der Waals surface area contributed by atoms with Gasteiger partial charge in [0.25, 0.3) is 0 Å². The van der Waals surface area contributed by atoms with Crippen molar-refractivity contribution in [1.29, 1.82) is 0 Å². The molecule has 0 amide bonds. The van der Waals surface area contributed by atoms with Crippen molar-refractivity contribution in [1.82, 2.24) is 9.88 Å². The van der Waals surface area contributed by atoms with Gasteiger partial charge in [-0.2, -0.15) is 4.99 Å². The van der Waals surface area contributed by atoms with Crippen LogP contribution in [-0.2, 0) is 0 Å². The fourth-order valence-electron chi connectivity index (χ4n) is 2.80. The van der Waals surface area contributed by atoms with Crippen LogP contribution in [0.4, 0.5) is 17.2 Å². The normalized spacial score (nSPS) is 15.0. The van der Waals surface area contributed by atoms with Crippen LogP contribution in [0.1, 0.15) is 0 Å². The van der Waals surface area contributed by atoms with Crippen LogP contribution < -0.4 is 15.4 Å².